The number of rotatable bonds is 1. The topological polar surface area (TPSA) is 40.5 Å². The van der Waals surface area contributed by atoms with Crippen LogP contribution in [0.15, 0.2) is 24.3 Å². The quantitative estimate of drug-likeness (QED) is 0.856. The maximum atomic E-state index is 12.4. The van der Waals surface area contributed by atoms with Gasteiger partial charge < -0.3 is 10.0 Å². The van der Waals surface area contributed by atoms with E-state index in [2.05, 4.69) is 6.07 Å². The number of hydrogen-bond donors (Lipinski definition) is 1. The standard InChI is InChI=1S/C14H15NO2S/c1-9-11-4-2-3-5-12(11)18-13(9)14(17)15-7-6-10(16)8-15/h2-5,10,16H,6-8H2,1H3. The molecule has 0 saturated carbocycles. The predicted molar refractivity (Wildman–Crippen MR) is 73.1 cm³/mol. The minimum Gasteiger partial charge on any atom is -0.391 e. The predicted octanol–water partition coefficient (Wildman–Crippen LogP) is 2.42. The molecule has 1 aliphatic heterocycles. The molecule has 94 valence electrons. The number of amides is 1. The van der Waals surface area contributed by atoms with Crippen molar-refractivity contribution in [2.45, 2.75) is 19.4 Å². The lowest BCUT2D eigenvalue weighted by Crippen LogP contribution is -2.29. The summed E-state index contributed by atoms with van der Waals surface area (Å²) in [7, 11) is 0. The third-order valence-electron chi connectivity index (χ3n) is 3.49. The minimum atomic E-state index is -0.358. The summed E-state index contributed by atoms with van der Waals surface area (Å²) in [5.41, 5.74) is 1.06. The molecule has 4 heteroatoms. The molecule has 0 aliphatic carbocycles. The molecule has 1 fully saturated rings. The second kappa shape index (κ2) is 4.37. The zero-order chi connectivity index (χ0) is 12.7. The lowest BCUT2D eigenvalue weighted by atomic mass is 10.1. The Morgan fingerprint density at radius 2 is 2.22 bits per heavy atom. The van der Waals surface area contributed by atoms with Gasteiger partial charge >= 0.3 is 0 Å². The van der Waals surface area contributed by atoms with Crippen LogP contribution in [-0.4, -0.2) is 35.1 Å². The van der Waals surface area contributed by atoms with Gasteiger partial charge in [0.05, 0.1) is 11.0 Å². The number of carbonyl (C=O) groups is 1. The summed E-state index contributed by atoms with van der Waals surface area (Å²) < 4.78 is 1.15. The summed E-state index contributed by atoms with van der Waals surface area (Å²) in [6.45, 7) is 3.12. The van der Waals surface area contributed by atoms with Crippen LogP contribution in [0, 0.1) is 6.92 Å². The Labute approximate surface area is 110 Å². The van der Waals surface area contributed by atoms with Crippen LogP contribution in [0.3, 0.4) is 0 Å². The van der Waals surface area contributed by atoms with Crippen LogP contribution in [-0.2, 0) is 0 Å². The first-order chi connectivity index (χ1) is 8.66. The molecule has 1 atom stereocenters. The number of fused-ring (bicyclic) bond motifs is 1. The Kier molecular flexibility index (Phi) is 2.84. The lowest BCUT2D eigenvalue weighted by molar-refractivity contribution is 0.0769. The van der Waals surface area contributed by atoms with Gasteiger partial charge in [0.2, 0.25) is 0 Å². The fourth-order valence-electron chi connectivity index (χ4n) is 2.45. The van der Waals surface area contributed by atoms with E-state index in [0.29, 0.717) is 19.5 Å². The molecule has 1 amide bonds. The summed E-state index contributed by atoms with van der Waals surface area (Å²) in [4.78, 5) is 15.0. The molecule has 1 unspecified atom stereocenters. The number of nitrogens with zero attached hydrogens (tertiary/aromatic N) is 1. The fourth-order valence-corrected chi connectivity index (χ4v) is 3.63. The van der Waals surface area contributed by atoms with Crippen molar-refractivity contribution in [3.05, 3.63) is 34.7 Å². The van der Waals surface area contributed by atoms with Crippen molar-refractivity contribution >= 4 is 27.3 Å². The molecule has 2 aromatic rings. The highest BCUT2D eigenvalue weighted by Gasteiger charge is 2.27. The monoisotopic (exact) mass is 261 g/mol. The molecule has 2 heterocycles. The van der Waals surface area contributed by atoms with Crippen molar-refractivity contribution in [2.24, 2.45) is 0 Å². The van der Waals surface area contributed by atoms with E-state index in [0.717, 1.165) is 20.5 Å². The van der Waals surface area contributed by atoms with Crippen molar-refractivity contribution in [3.63, 3.8) is 0 Å². The molecule has 0 radical (unpaired) electrons. The molecule has 1 N–H and O–H groups in total. The van der Waals surface area contributed by atoms with Crippen LogP contribution in [0.25, 0.3) is 10.1 Å². The number of benzene rings is 1. The van der Waals surface area contributed by atoms with E-state index < -0.39 is 0 Å². The normalized spacial score (nSPS) is 19.7. The first-order valence-electron chi connectivity index (χ1n) is 6.12. The average molecular weight is 261 g/mol. The van der Waals surface area contributed by atoms with Crippen LogP contribution in [0.5, 0.6) is 0 Å². The molecule has 1 saturated heterocycles. The van der Waals surface area contributed by atoms with Gasteiger partial charge in [-0.1, -0.05) is 18.2 Å². The third kappa shape index (κ3) is 1.82. The Morgan fingerprint density at radius 3 is 2.89 bits per heavy atom. The number of likely N-dealkylation sites (tertiary alicyclic amines) is 1. The SMILES string of the molecule is Cc1c(C(=O)N2CCC(O)C2)sc2ccccc12. The molecule has 1 aromatic carbocycles. The summed E-state index contributed by atoms with van der Waals surface area (Å²) in [6.07, 6.45) is 0.332. The molecule has 1 aromatic heterocycles. The second-order valence-electron chi connectivity index (χ2n) is 4.75. The van der Waals surface area contributed by atoms with Crippen LogP contribution in [0.1, 0.15) is 21.7 Å². The zero-order valence-corrected chi connectivity index (χ0v) is 11.0. The van der Waals surface area contributed by atoms with Gasteiger partial charge in [0, 0.05) is 17.8 Å². The molecular formula is C14H15NO2S. The maximum absolute atomic E-state index is 12.4. The van der Waals surface area contributed by atoms with Crippen molar-refractivity contribution in [1.82, 2.24) is 4.90 Å². The number of aryl methyl sites for hydroxylation is 1. The van der Waals surface area contributed by atoms with Crippen molar-refractivity contribution < 1.29 is 9.90 Å². The molecule has 0 bridgehead atoms. The maximum Gasteiger partial charge on any atom is 0.264 e. The van der Waals surface area contributed by atoms with E-state index in [1.54, 1.807) is 16.2 Å². The number of thiophene rings is 1. The first kappa shape index (κ1) is 11.7. The third-order valence-corrected chi connectivity index (χ3v) is 4.75. The largest absolute Gasteiger partial charge is 0.391 e. The molecule has 3 rings (SSSR count). The smallest absolute Gasteiger partial charge is 0.264 e. The Morgan fingerprint density at radius 1 is 1.44 bits per heavy atom. The Balaban J connectivity index is 1.99. The molecule has 18 heavy (non-hydrogen) atoms. The van der Waals surface area contributed by atoms with Gasteiger partial charge in [-0.05, 0) is 30.4 Å². The van der Waals surface area contributed by atoms with Crippen LogP contribution in [0.4, 0.5) is 0 Å². The summed E-state index contributed by atoms with van der Waals surface area (Å²) in [5.74, 6) is 0.0604. The molecular weight excluding hydrogens is 246 g/mol. The van der Waals surface area contributed by atoms with Gasteiger partial charge in [-0.15, -0.1) is 11.3 Å². The molecule has 0 spiro atoms. The number of aliphatic hydroxyl groups is 1. The van der Waals surface area contributed by atoms with Crippen molar-refractivity contribution in [3.8, 4) is 0 Å². The van der Waals surface area contributed by atoms with E-state index in [1.165, 1.54) is 0 Å². The highest BCUT2D eigenvalue weighted by Crippen LogP contribution is 2.32. The number of β-amino-alcohol motifs (C(OH)–C–C–N with tert-alkyl or cyclic N) is 1. The highest BCUT2D eigenvalue weighted by molar-refractivity contribution is 7.21. The Hall–Kier alpha value is -1.39. The zero-order valence-electron chi connectivity index (χ0n) is 10.2. The first-order valence-corrected chi connectivity index (χ1v) is 6.94. The Bertz CT molecular complexity index is 605. The van der Waals surface area contributed by atoms with E-state index >= 15 is 0 Å². The summed E-state index contributed by atoms with van der Waals surface area (Å²) in [6, 6.07) is 8.08. The van der Waals surface area contributed by atoms with E-state index in [9.17, 15) is 9.90 Å². The van der Waals surface area contributed by atoms with Gasteiger partial charge in [-0.25, -0.2) is 0 Å². The molecule has 3 nitrogen and oxygen atoms in total. The minimum absolute atomic E-state index is 0.0604. The van der Waals surface area contributed by atoms with E-state index in [1.807, 2.05) is 25.1 Å². The van der Waals surface area contributed by atoms with Gasteiger partial charge in [-0.3, -0.25) is 4.79 Å². The summed E-state index contributed by atoms with van der Waals surface area (Å²) >= 11 is 1.55. The van der Waals surface area contributed by atoms with Crippen LogP contribution in [0.2, 0.25) is 0 Å². The molecule has 1 aliphatic rings. The highest BCUT2D eigenvalue weighted by atomic mass is 32.1. The number of carbonyl (C=O) groups excluding carboxylic acids is 1. The summed E-state index contributed by atoms with van der Waals surface area (Å²) in [5, 5.41) is 10.7. The van der Waals surface area contributed by atoms with Gasteiger partial charge in [0.15, 0.2) is 0 Å². The lowest BCUT2D eigenvalue weighted by Gasteiger charge is -2.14. The van der Waals surface area contributed by atoms with Crippen LogP contribution >= 0.6 is 11.3 Å². The van der Waals surface area contributed by atoms with Gasteiger partial charge in [0.1, 0.15) is 0 Å². The second-order valence-corrected chi connectivity index (χ2v) is 5.80. The number of hydrogen-bond acceptors (Lipinski definition) is 3. The van der Waals surface area contributed by atoms with Crippen molar-refractivity contribution in [2.75, 3.05) is 13.1 Å². The van der Waals surface area contributed by atoms with Crippen LogP contribution < -0.4 is 0 Å². The fraction of sp³-hybridized carbons (Fsp3) is 0.357. The van der Waals surface area contributed by atoms with Gasteiger partial charge in [0.25, 0.3) is 5.91 Å². The van der Waals surface area contributed by atoms with Crippen molar-refractivity contribution in [1.29, 1.82) is 0 Å². The average Bonchev–Trinajstić information content (AvgIpc) is 2.94. The van der Waals surface area contributed by atoms with E-state index in [-0.39, 0.29) is 12.0 Å². The van der Waals surface area contributed by atoms with E-state index in [4.69, 9.17) is 0 Å². The number of aliphatic hydroxyl groups excluding tert-OH is 1. The van der Waals surface area contributed by atoms with Gasteiger partial charge in [-0.2, -0.15) is 0 Å².